The lowest BCUT2D eigenvalue weighted by Gasteiger charge is -2.13. The third-order valence-corrected chi connectivity index (χ3v) is 4.15. The molecule has 2 amide bonds. The van der Waals surface area contributed by atoms with Gasteiger partial charge in [0.25, 0.3) is 5.91 Å². The Labute approximate surface area is 155 Å². The van der Waals surface area contributed by atoms with Crippen LogP contribution in [-0.2, 0) is 17.6 Å². The van der Waals surface area contributed by atoms with Gasteiger partial charge in [0.15, 0.2) is 0 Å². The van der Waals surface area contributed by atoms with Crippen molar-refractivity contribution in [2.24, 2.45) is 0 Å². The van der Waals surface area contributed by atoms with Crippen molar-refractivity contribution >= 4 is 17.5 Å². The Morgan fingerprint density at radius 1 is 0.962 bits per heavy atom. The second kappa shape index (κ2) is 9.61. The van der Waals surface area contributed by atoms with Crippen molar-refractivity contribution in [1.29, 1.82) is 0 Å². The summed E-state index contributed by atoms with van der Waals surface area (Å²) in [4.78, 5) is 26.1. The zero-order chi connectivity index (χ0) is 18.9. The third kappa shape index (κ3) is 5.92. The molecule has 0 saturated carbocycles. The summed E-state index contributed by atoms with van der Waals surface area (Å²) >= 11 is 0. The zero-order valence-corrected chi connectivity index (χ0v) is 15.7. The van der Waals surface area contributed by atoms with Gasteiger partial charge in [-0.1, -0.05) is 43.7 Å². The molecule has 0 aliphatic heterocycles. The first-order valence-electron chi connectivity index (χ1n) is 8.94. The SMILES string of the molecule is CCCCc1ccc(CC(=O)NNC(=O)c2cccc(N(C)C)c2)cc1. The molecule has 5 nitrogen and oxygen atoms in total. The molecule has 0 heterocycles. The van der Waals surface area contributed by atoms with Crippen LogP contribution in [0.25, 0.3) is 0 Å². The smallest absolute Gasteiger partial charge is 0.269 e. The highest BCUT2D eigenvalue weighted by atomic mass is 16.2. The van der Waals surface area contributed by atoms with Crippen LogP contribution in [-0.4, -0.2) is 25.9 Å². The molecule has 138 valence electrons. The quantitative estimate of drug-likeness (QED) is 0.752. The topological polar surface area (TPSA) is 61.4 Å². The fraction of sp³-hybridized carbons (Fsp3) is 0.333. The number of hydrogen-bond donors (Lipinski definition) is 2. The molecule has 0 bridgehead atoms. The van der Waals surface area contributed by atoms with Gasteiger partial charge in [0.05, 0.1) is 6.42 Å². The van der Waals surface area contributed by atoms with Gasteiger partial charge in [-0.2, -0.15) is 0 Å². The van der Waals surface area contributed by atoms with Crippen LogP contribution in [0.3, 0.4) is 0 Å². The van der Waals surface area contributed by atoms with Crippen LogP contribution in [0.4, 0.5) is 5.69 Å². The van der Waals surface area contributed by atoms with E-state index in [2.05, 4.69) is 29.9 Å². The Morgan fingerprint density at radius 2 is 1.65 bits per heavy atom. The molecule has 0 spiro atoms. The zero-order valence-electron chi connectivity index (χ0n) is 15.7. The maximum atomic E-state index is 12.2. The molecule has 2 aromatic carbocycles. The Morgan fingerprint density at radius 3 is 2.31 bits per heavy atom. The van der Waals surface area contributed by atoms with Gasteiger partial charge in [-0.05, 0) is 42.2 Å². The first-order chi connectivity index (χ1) is 12.5. The van der Waals surface area contributed by atoms with Crippen LogP contribution < -0.4 is 15.8 Å². The Bertz CT molecular complexity index is 739. The number of aryl methyl sites for hydroxylation is 1. The number of amides is 2. The molecule has 0 fully saturated rings. The van der Waals surface area contributed by atoms with E-state index >= 15 is 0 Å². The molecule has 2 rings (SSSR count). The summed E-state index contributed by atoms with van der Waals surface area (Å²) in [6.07, 6.45) is 3.62. The van der Waals surface area contributed by atoms with Gasteiger partial charge in [-0.3, -0.25) is 20.4 Å². The largest absolute Gasteiger partial charge is 0.378 e. The van der Waals surface area contributed by atoms with Crippen molar-refractivity contribution in [3.63, 3.8) is 0 Å². The molecule has 5 heteroatoms. The average molecular weight is 353 g/mol. The minimum absolute atomic E-state index is 0.228. The predicted octanol–water partition coefficient (Wildman–Crippen LogP) is 3.10. The number of carbonyl (C=O) groups is 2. The van der Waals surface area contributed by atoms with Crippen molar-refractivity contribution in [2.45, 2.75) is 32.6 Å². The summed E-state index contributed by atoms with van der Waals surface area (Å²) in [6.45, 7) is 2.17. The molecule has 26 heavy (non-hydrogen) atoms. The summed E-state index contributed by atoms with van der Waals surface area (Å²) in [7, 11) is 3.82. The minimum Gasteiger partial charge on any atom is -0.378 e. The fourth-order valence-corrected chi connectivity index (χ4v) is 2.56. The van der Waals surface area contributed by atoms with E-state index in [9.17, 15) is 9.59 Å². The van der Waals surface area contributed by atoms with E-state index in [-0.39, 0.29) is 18.2 Å². The molecule has 0 unspecified atom stereocenters. The van der Waals surface area contributed by atoms with E-state index in [0.29, 0.717) is 5.56 Å². The first kappa shape index (κ1) is 19.5. The first-order valence-corrected chi connectivity index (χ1v) is 8.94. The average Bonchev–Trinajstić information content (AvgIpc) is 2.65. The third-order valence-electron chi connectivity index (χ3n) is 4.15. The van der Waals surface area contributed by atoms with Crippen LogP contribution in [0.1, 0.15) is 41.3 Å². The lowest BCUT2D eigenvalue weighted by Crippen LogP contribution is -2.42. The van der Waals surface area contributed by atoms with E-state index in [1.54, 1.807) is 12.1 Å². The molecular formula is C21H27N3O2. The fourth-order valence-electron chi connectivity index (χ4n) is 2.56. The van der Waals surface area contributed by atoms with Crippen molar-refractivity contribution < 1.29 is 9.59 Å². The van der Waals surface area contributed by atoms with Crippen molar-refractivity contribution in [1.82, 2.24) is 10.9 Å². The number of nitrogens with zero attached hydrogens (tertiary/aromatic N) is 1. The van der Waals surface area contributed by atoms with Crippen LogP contribution in [0.5, 0.6) is 0 Å². The normalized spacial score (nSPS) is 10.3. The number of unbranched alkanes of at least 4 members (excludes halogenated alkanes) is 1. The second-order valence-corrected chi connectivity index (χ2v) is 6.54. The van der Waals surface area contributed by atoms with Crippen LogP contribution in [0.2, 0.25) is 0 Å². The van der Waals surface area contributed by atoms with E-state index in [4.69, 9.17) is 0 Å². The summed E-state index contributed by atoms with van der Waals surface area (Å²) in [5.41, 5.74) is 8.57. The van der Waals surface area contributed by atoms with Crippen LogP contribution in [0.15, 0.2) is 48.5 Å². The lowest BCUT2D eigenvalue weighted by atomic mass is 10.0. The Kier molecular flexibility index (Phi) is 7.21. The molecular weight excluding hydrogens is 326 g/mol. The number of carbonyl (C=O) groups excluding carboxylic acids is 2. The molecule has 0 aliphatic rings. The molecule has 0 radical (unpaired) electrons. The molecule has 0 aromatic heterocycles. The Hall–Kier alpha value is -2.82. The van der Waals surface area contributed by atoms with Gasteiger partial charge in [0.1, 0.15) is 0 Å². The number of rotatable bonds is 7. The van der Waals surface area contributed by atoms with Gasteiger partial charge in [-0.15, -0.1) is 0 Å². The molecule has 0 aliphatic carbocycles. The maximum absolute atomic E-state index is 12.2. The van der Waals surface area contributed by atoms with Gasteiger partial charge >= 0.3 is 0 Å². The summed E-state index contributed by atoms with van der Waals surface area (Å²) in [6, 6.07) is 15.3. The van der Waals surface area contributed by atoms with Crippen molar-refractivity contribution in [2.75, 3.05) is 19.0 Å². The number of benzene rings is 2. The van der Waals surface area contributed by atoms with E-state index in [1.807, 2.05) is 43.3 Å². The standard InChI is InChI=1S/C21H27N3O2/c1-4-5-7-16-10-12-17(13-11-16)14-20(25)22-23-21(26)18-8-6-9-19(15-18)24(2)3/h6,8-13,15H,4-5,7,14H2,1-3H3,(H,22,25)(H,23,26). The van der Waals surface area contributed by atoms with Gasteiger partial charge in [0.2, 0.25) is 5.91 Å². The van der Waals surface area contributed by atoms with Crippen molar-refractivity contribution in [3.8, 4) is 0 Å². The Balaban J connectivity index is 1.84. The van der Waals surface area contributed by atoms with E-state index in [1.165, 1.54) is 18.4 Å². The number of hydrogen-bond acceptors (Lipinski definition) is 3. The molecule has 2 N–H and O–H groups in total. The number of anilines is 1. The van der Waals surface area contributed by atoms with E-state index < -0.39 is 0 Å². The summed E-state index contributed by atoms with van der Waals surface area (Å²) < 4.78 is 0. The highest BCUT2D eigenvalue weighted by Crippen LogP contribution is 2.13. The summed E-state index contributed by atoms with van der Waals surface area (Å²) in [5.74, 6) is -0.583. The highest BCUT2D eigenvalue weighted by Gasteiger charge is 2.09. The van der Waals surface area contributed by atoms with Gasteiger partial charge in [0, 0.05) is 25.3 Å². The molecule has 0 saturated heterocycles. The van der Waals surface area contributed by atoms with Crippen molar-refractivity contribution in [3.05, 3.63) is 65.2 Å². The summed E-state index contributed by atoms with van der Waals surface area (Å²) in [5, 5.41) is 0. The number of hydrazine groups is 1. The second-order valence-electron chi connectivity index (χ2n) is 6.54. The highest BCUT2D eigenvalue weighted by molar-refractivity contribution is 5.96. The predicted molar refractivity (Wildman–Crippen MR) is 105 cm³/mol. The minimum atomic E-state index is -0.336. The maximum Gasteiger partial charge on any atom is 0.269 e. The van der Waals surface area contributed by atoms with Gasteiger partial charge in [-0.25, -0.2) is 0 Å². The monoisotopic (exact) mass is 353 g/mol. The van der Waals surface area contributed by atoms with E-state index in [0.717, 1.165) is 17.7 Å². The van der Waals surface area contributed by atoms with Crippen LogP contribution >= 0.6 is 0 Å². The molecule has 0 atom stereocenters. The van der Waals surface area contributed by atoms with Gasteiger partial charge < -0.3 is 4.90 Å². The van der Waals surface area contributed by atoms with Crippen LogP contribution in [0, 0.1) is 0 Å². The molecule has 2 aromatic rings. The lowest BCUT2D eigenvalue weighted by molar-refractivity contribution is -0.121. The number of nitrogens with one attached hydrogen (secondary N) is 2.